The van der Waals surface area contributed by atoms with Gasteiger partial charge in [0.15, 0.2) is 0 Å². The highest BCUT2D eigenvalue weighted by molar-refractivity contribution is 5.94. The summed E-state index contributed by atoms with van der Waals surface area (Å²) < 4.78 is 5.01. The maximum absolute atomic E-state index is 12.1. The van der Waals surface area contributed by atoms with E-state index in [0.29, 0.717) is 24.3 Å². The molecule has 0 bridgehead atoms. The van der Waals surface area contributed by atoms with Gasteiger partial charge in [-0.15, -0.1) is 0 Å². The fourth-order valence-electron chi connectivity index (χ4n) is 1.77. The van der Waals surface area contributed by atoms with Gasteiger partial charge in [0, 0.05) is 27.2 Å². The summed E-state index contributed by atoms with van der Waals surface area (Å²) >= 11 is 0. The van der Waals surface area contributed by atoms with Crippen LogP contribution < -0.4 is 4.90 Å². The second-order valence-corrected chi connectivity index (χ2v) is 4.35. The number of rotatable bonds is 5. The Kier molecular flexibility index (Phi) is 5.34. The van der Waals surface area contributed by atoms with Crippen molar-refractivity contribution in [3.63, 3.8) is 0 Å². The minimum Gasteiger partial charge on any atom is -0.384 e. The first-order valence-corrected chi connectivity index (χ1v) is 5.84. The Bertz CT molecular complexity index is 451. The number of carbonyl (C=O) groups is 1. The molecular formula is C14H18N2O2. The molecule has 1 amide bonds. The summed E-state index contributed by atoms with van der Waals surface area (Å²) in [6.07, 6.45) is 0.407. The number of carbonyl (C=O) groups excluding carboxylic acids is 1. The van der Waals surface area contributed by atoms with Gasteiger partial charge in [-0.2, -0.15) is 5.26 Å². The van der Waals surface area contributed by atoms with Gasteiger partial charge in [-0.05, 0) is 18.1 Å². The predicted octanol–water partition coefficient (Wildman–Crippen LogP) is 2.19. The molecule has 0 fully saturated rings. The summed E-state index contributed by atoms with van der Waals surface area (Å²) in [5.74, 6) is 0.154. The number of hydrogen-bond donors (Lipinski definition) is 0. The summed E-state index contributed by atoms with van der Waals surface area (Å²) in [6.45, 7) is 2.52. The van der Waals surface area contributed by atoms with Crippen LogP contribution in [0.4, 0.5) is 5.69 Å². The standard InChI is InChI=1S/C14H18N2O2/c1-11(10-18-3)8-14(17)16(2)13-7-5-4-6-12(13)9-15/h4-7,11H,8,10H2,1-3H3. The van der Waals surface area contributed by atoms with Gasteiger partial charge in [0.2, 0.25) is 5.91 Å². The summed E-state index contributed by atoms with van der Waals surface area (Å²) in [5, 5.41) is 9.01. The molecule has 0 saturated carbocycles. The van der Waals surface area contributed by atoms with Gasteiger partial charge in [0.1, 0.15) is 6.07 Å². The van der Waals surface area contributed by atoms with Crippen molar-refractivity contribution in [3.05, 3.63) is 29.8 Å². The molecule has 4 nitrogen and oxygen atoms in total. The van der Waals surface area contributed by atoms with Crippen LogP contribution in [0.15, 0.2) is 24.3 Å². The second kappa shape index (κ2) is 6.77. The quantitative estimate of drug-likeness (QED) is 0.800. The van der Waals surface area contributed by atoms with Gasteiger partial charge in [0.05, 0.1) is 11.3 Å². The molecule has 1 atom stereocenters. The van der Waals surface area contributed by atoms with Gasteiger partial charge in [-0.1, -0.05) is 19.1 Å². The SMILES string of the molecule is COCC(C)CC(=O)N(C)c1ccccc1C#N. The number of benzene rings is 1. The normalized spacial score (nSPS) is 11.7. The Balaban J connectivity index is 2.78. The van der Waals surface area contributed by atoms with E-state index in [-0.39, 0.29) is 11.8 Å². The van der Waals surface area contributed by atoms with Crippen LogP contribution in [0.2, 0.25) is 0 Å². The molecule has 0 spiro atoms. The van der Waals surface area contributed by atoms with Crippen LogP contribution in [-0.4, -0.2) is 26.7 Å². The lowest BCUT2D eigenvalue weighted by molar-refractivity contribution is -0.119. The summed E-state index contributed by atoms with van der Waals surface area (Å²) in [4.78, 5) is 13.6. The molecule has 4 heteroatoms. The Morgan fingerprint density at radius 1 is 1.50 bits per heavy atom. The zero-order valence-electron chi connectivity index (χ0n) is 11.0. The molecule has 18 heavy (non-hydrogen) atoms. The highest BCUT2D eigenvalue weighted by Gasteiger charge is 2.16. The first-order valence-electron chi connectivity index (χ1n) is 5.84. The zero-order valence-corrected chi connectivity index (χ0v) is 11.0. The van der Waals surface area contributed by atoms with Gasteiger partial charge < -0.3 is 9.64 Å². The van der Waals surface area contributed by atoms with Crippen molar-refractivity contribution < 1.29 is 9.53 Å². The van der Waals surface area contributed by atoms with Crippen LogP contribution in [-0.2, 0) is 9.53 Å². The number of nitrogens with zero attached hydrogens (tertiary/aromatic N) is 2. The van der Waals surface area contributed by atoms with Crippen LogP contribution >= 0.6 is 0 Å². The maximum Gasteiger partial charge on any atom is 0.227 e. The highest BCUT2D eigenvalue weighted by atomic mass is 16.5. The topological polar surface area (TPSA) is 53.3 Å². The van der Waals surface area contributed by atoms with Crippen molar-refractivity contribution in [2.45, 2.75) is 13.3 Å². The van der Waals surface area contributed by atoms with Gasteiger partial charge in [-0.3, -0.25) is 4.79 Å². The molecule has 0 radical (unpaired) electrons. The Labute approximate surface area is 108 Å². The second-order valence-electron chi connectivity index (χ2n) is 4.35. The smallest absolute Gasteiger partial charge is 0.227 e. The Hall–Kier alpha value is -1.86. The van der Waals surface area contributed by atoms with E-state index in [4.69, 9.17) is 10.00 Å². The first-order chi connectivity index (χ1) is 8.60. The van der Waals surface area contributed by atoms with E-state index in [1.54, 1.807) is 32.4 Å². The minimum atomic E-state index is -0.0118. The van der Waals surface area contributed by atoms with Crippen molar-refractivity contribution in [1.82, 2.24) is 0 Å². The van der Waals surface area contributed by atoms with E-state index < -0.39 is 0 Å². The lowest BCUT2D eigenvalue weighted by Crippen LogP contribution is -2.29. The summed E-state index contributed by atoms with van der Waals surface area (Å²) in [7, 11) is 3.31. The summed E-state index contributed by atoms with van der Waals surface area (Å²) in [5.41, 5.74) is 1.15. The van der Waals surface area contributed by atoms with Crippen LogP contribution in [0.25, 0.3) is 0 Å². The third kappa shape index (κ3) is 3.57. The minimum absolute atomic E-state index is 0.0118. The fraction of sp³-hybridized carbons (Fsp3) is 0.429. The van der Waals surface area contributed by atoms with Crippen molar-refractivity contribution in [1.29, 1.82) is 5.26 Å². The molecule has 0 aliphatic carbocycles. The molecule has 0 aliphatic heterocycles. The van der Waals surface area contributed by atoms with Crippen molar-refractivity contribution in [3.8, 4) is 6.07 Å². The average Bonchev–Trinajstić information content (AvgIpc) is 2.38. The molecule has 0 heterocycles. The van der Waals surface area contributed by atoms with Gasteiger partial charge >= 0.3 is 0 Å². The molecule has 1 aromatic carbocycles. The maximum atomic E-state index is 12.1. The number of nitriles is 1. The van der Waals surface area contributed by atoms with Crippen LogP contribution in [0.3, 0.4) is 0 Å². The fourth-order valence-corrected chi connectivity index (χ4v) is 1.77. The molecule has 0 aromatic heterocycles. The number of ether oxygens (including phenoxy) is 1. The van der Waals surface area contributed by atoms with Crippen LogP contribution in [0.1, 0.15) is 18.9 Å². The van der Waals surface area contributed by atoms with Gasteiger partial charge in [-0.25, -0.2) is 0 Å². The van der Waals surface area contributed by atoms with Crippen LogP contribution in [0.5, 0.6) is 0 Å². The zero-order chi connectivity index (χ0) is 13.5. The van der Waals surface area contributed by atoms with Crippen LogP contribution in [0, 0.1) is 17.2 Å². The van der Waals surface area contributed by atoms with Crippen molar-refractivity contribution in [2.24, 2.45) is 5.92 Å². The number of methoxy groups -OCH3 is 1. The molecule has 0 aliphatic rings. The number of amides is 1. The van der Waals surface area contributed by atoms with Crippen molar-refractivity contribution >= 4 is 11.6 Å². The lowest BCUT2D eigenvalue weighted by Gasteiger charge is -2.20. The monoisotopic (exact) mass is 246 g/mol. The summed E-state index contributed by atoms with van der Waals surface area (Å²) in [6, 6.07) is 9.18. The number of anilines is 1. The highest BCUT2D eigenvalue weighted by Crippen LogP contribution is 2.19. The largest absolute Gasteiger partial charge is 0.384 e. The van der Waals surface area contributed by atoms with E-state index in [2.05, 4.69) is 6.07 Å². The molecule has 1 unspecified atom stereocenters. The first kappa shape index (κ1) is 14.2. The molecule has 1 rings (SSSR count). The van der Waals surface area contributed by atoms with E-state index in [1.807, 2.05) is 13.0 Å². The third-order valence-electron chi connectivity index (χ3n) is 2.73. The molecule has 96 valence electrons. The Morgan fingerprint density at radius 2 is 2.17 bits per heavy atom. The molecule has 1 aromatic rings. The van der Waals surface area contributed by atoms with E-state index in [1.165, 1.54) is 4.90 Å². The number of para-hydroxylation sites is 1. The predicted molar refractivity (Wildman–Crippen MR) is 70.2 cm³/mol. The Morgan fingerprint density at radius 3 is 2.78 bits per heavy atom. The molecule has 0 N–H and O–H groups in total. The van der Waals surface area contributed by atoms with Crippen molar-refractivity contribution in [2.75, 3.05) is 25.7 Å². The van der Waals surface area contributed by atoms with E-state index in [0.717, 1.165) is 0 Å². The average molecular weight is 246 g/mol. The lowest BCUT2D eigenvalue weighted by atomic mass is 10.1. The van der Waals surface area contributed by atoms with Gasteiger partial charge in [0.25, 0.3) is 0 Å². The van der Waals surface area contributed by atoms with E-state index >= 15 is 0 Å². The molecule has 0 saturated heterocycles. The van der Waals surface area contributed by atoms with E-state index in [9.17, 15) is 4.79 Å². The third-order valence-corrected chi connectivity index (χ3v) is 2.73. The number of hydrogen-bond acceptors (Lipinski definition) is 3. The molecular weight excluding hydrogens is 228 g/mol.